The van der Waals surface area contributed by atoms with Gasteiger partial charge < -0.3 is 0 Å². The lowest BCUT2D eigenvalue weighted by Gasteiger charge is -2.39. The van der Waals surface area contributed by atoms with Gasteiger partial charge in [0.25, 0.3) is 0 Å². The fourth-order valence-corrected chi connectivity index (χ4v) is 1.63. The summed E-state index contributed by atoms with van der Waals surface area (Å²) >= 11 is 5.88. The number of halogens is 4. The Morgan fingerprint density at radius 1 is 1.36 bits per heavy atom. The molecule has 1 rings (SSSR count). The van der Waals surface area contributed by atoms with Crippen LogP contribution in [0.2, 0.25) is 0 Å². The second-order valence-corrected chi connectivity index (χ2v) is 5.03. The standard InChI is InChI=1S/C9H13ClF3N/c1-7(2)6(10)4-8(3,5-14-7)9(11,12)13/h5-6H,4H2,1-3H3. The molecular weight excluding hydrogens is 215 g/mol. The first-order chi connectivity index (χ1) is 6.08. The van der Waals surface area contributed by atoms with E-state index in [1.807, 2.05) is 0 Å². The van der Waals surface area contributed by atoms with Crippen molar-refractivity contribution in [3.05, 3.63) is 0 Å². The van der Waals surface area contributed by atoms with E-state index in [1.54, 1.807) is 13.8 Å². The van der Waals surface area contributed by atoms with Crippen molar-refractivity contribution in [2.24, 2.45) is 10.4 Å². The van der Waals surface area contributed by atoms with E-state index in [2.05, 4.69) is 4.99 Å². The normalized spacial score (nSPS) is 37.2. The summed E-state index contributed by atoms with van der Waals surface area (Å²) < 4.78 is 37.8. The maximum absolute atomic E-state index is 12.6. The maximum atomic E-state index is 12.6. The molecule has 0 fully saturated rings. The summed E-state index contributed by atoms with van der Waals surface area (Å²) in [7, 11) is 0. The van der Waals surface area contributed by atoms with Crippen LogP contribution in [0.3, 0.4) is 0 Å². The zero-order chi connectivity index (χ0) is 11.2. The molecule has 14 heavy (non-hydrogen) atoms. The summed E-state index contributed by atoms with van der Waals surface area (Å²) in [6.07, 6.45) is -3.40. The molecule has 0 saturated heterocycles. The van der Waals surface area contributed by atoms with Crippen molar-refractivity contribution >= 4 is 17.8 Å². The second kappa shape index (κ2) is 3.12. The maximum Gasteiger partial charge on any atom is 0.399 e. The fraction of sp³-hybridized carbons (Fsp3) is 0.889. The highest BCUT2D eigenvalue weighted by molar-refractivity contribution is 6.21. The Balaban J connectivity index is 3.00. The van der Waals surface area contributed by atoms with Crippen LogP contribution >= 0.6 is 11.6 Å². The van der Waals surface area contributed by atoms with Gasteiger partial charge in [0.2, 0.25) is 0 Å². The SMILES string of the molecule is CC1(C)N=CC(C)(C(F)(F)F)CC1Cl. The lowest BCUT2D eigenvalue weighted by atomic mass is 9.78. The number of alkyl halides is 4. The minimum atomic E-state index is -4.28. The highest BCUT2D eigenvalue weighted by atomic mass is 35.5. The molecule has 0 N–H and O–H groups in total. The van der Waals surface area contributed by atoms with Crippen molar-refractivity contribution in [2.45, 2.75) is 44.3 Å². The van der Waals surface area contributed by atoms with Crippen molar-refractivity contribution in [1.29, 1.82) is 0 Å². The Labute approximate surface area is 86.3 Å². The Morgan fingerprint density at radius 3 is 2.21 bits per heavy atom. The van der Waals surface area contributed by atoms with E-state index in [4.69, 9.17) is 11.6 Å². The van der Waals surface area contributed by atoms with Crippen LogP contribution in [0, 0.1) is 5.41 Å². The van der Waals surface area contributed by atoms with Crippen molar-refractivity contribution in [2.75, 3.05) is 0 Å². The van der Waals surface area contributed by atoms with E-state index in [1.165, 1.54) is 0 Å². The summed E-state index contributed by atoms with van der Waals surface area (Å²) in [5.41, 5.74) is -2.48. The number of hydrogen-bond acceptors (Lipinski definition) is 1. The molecule has 0 radical (unpaired) electrons. The largest absolute Gasteiger partial charge is 0.399 e. The van der Waals surface area contributed by atoms with E-state index in [9.17, 15) is 13.2 Å². The van der Waals surface area contributed by atoms with Crippen molar-refractivity contribution in [1.82, 2.24) is 0 Å². The summed E-state index contributed by atoms with van der Waals surface area (Å²) in [5, 5.41) is -0.584. The summed E-state index contributed by atoms with van der Waals surface area (Å²) in [5.74, 6) is 0. The molecule has 0 bridgehead atoms. The van der Waals surface area contributed by atoms with Crippen LogP contribution < -0.4 is 0 Å². The van der Waals surface area contributed by atoms with Gasteiger partial charge in [-0.05, 0) is 27.2 Å². The Morgan fingerprint density at radius 2 is 1.86 bits per heavy atom. The fourth-order valence-electron chi connectivity index (χ4n) is 1.25. The first-order valence-corrected chi connectivity index (χ1v) is 4.79. The zero-order valence-corrected chi connectivity index (χ0v) is 9.08. The van der Waals surface area contributed by atoms with Crippen LogP contribution in [-0.2, 0) is 0 Å². The molecule has 1 aliphatic rings. The third kappa shape index (κ3) is 1.90. The number of nitrogens with zero attached hydrogens (tertiary/aromatic N) is 1. The minimum absolute atomic E-state index is 0.117. The van der Waals surface area contributed by atoms with Gasteiger partial charge in [-0.15, -0.1) is 11.6 Å². The first kappa shape index (κ1) is 11.8. The van der Waals surface area contributed by atoms with Crippen LogP contribution in [0.4, 0.5) is 13.2 Å². The Bertz CT molecular complexity index is 259. The lowest BCUT2D eigenvalue weighted by Crippen LogP contribution is -2.47. The highest BCUT2D eigenvalue weighted by Crippen LogP contribution is 2.46. The van der Waals surface area contributed by atoms with E-state index >= 15 is 0 Å². The van der Waals surface area contributed by atoms with Crippen molar-refractivity contribution in [3.63, 3.8) is 0 Å². The van der Waals surface area contributed by atoms with Gasteiger partial charge in [-0.25, -0.2) is 0 Å². The molecule has 1 nitrogen and oxygen atoms in total. The van der Waals surface area contributed by atoms with Gasteiger partial charge in [0, 0.05) is 6.21 Å². The molecule has 2 atom stereocenters. The van der Waals surface area contributed by atoms with Crippen LogP contribution in [0.1, 0.15) is 27.2 Å². The molecule has 0 saturated carbocycles. The molecule has 1 heterocycles. The average molecular weight is 228 g/mol. The van der Waals surface area contributed by atoms with E-state index in [0.717, 1.165) is 13.1 Å². The van der Waals surface area contributed by atoms with E-state index in [-0.39, 0.29) is 6.42 Å². The van der Waals surface area contributed by atoms with Gasteiger partial charge in [0.1, 0.15) is 0 Å². The third-order valence-electron chi connectivity index (χ3n) is 2.70. The molecule has 82 valence electrons. The smallest absolute Gasteiger partial charge is 0.289 e. The highest BCUT2D eigenvalue weighted by Gasteiger charge is 2.54. The predicted octanol–water partition coefficient (Wildman–Crippen LogP) is 3.42. The van der Waals surface area contributed by atoms with Gasteiger partial charge >= 0.3 is 6.18 Å². The summed E-state index contributed by atoms with van der Waals surface area (Å²) in [6.45, 7) is 4.59. The van der Waals surface area contributed by atoms with Gasteiger partial charge in [-0.3, -0.25) is 4.99 Å². The van der Waals surface area contributed by atoms with Crippen LogP contribution in [0.15, 0.2) is 4.99 Å². The molecule has 0 aromatic heterocycles. The van der Waals surface area contributed by atoms with Crippen LogP contribution in [0.5, 0.6) is 0 Å². The zero-order valence-electron chi connectivity index (χ0n) is 8.32. The molecule has 5 heteroatoms. The van der Waals surface area contributed by atoms with Crippen LogP contribution in [-0.4, -0.2) is 23.3 Å². The third-order valence-corrected chi connectivity index (χ3v) is 3.39. The molecule has 2 unspecified atom stereocenters. The molecular formula is C9H13ClF3N. The molecule has 0 aliphatic carbocycles. The van der Waals surface area contributed by atoms with Crippen molar-refractivity contribution < 1.29 is 13.2 Å². The van der Waals surface area contributed by atoms with Crippen LogP contribution in [0.25, 0.3) is 0 Å². The van der Waals surface area contributed by atoms with E-state index < -0.39 is 22.5 Å². The topological polar surface area (TPSA) is 12.4 Å². The van der Waals surface area contributed by atoms with Crippen molar-refractivity contribution in [3.8, 4) is 0 Å². The predicted molar refractivity (Wildman–Crippen MR) is 51.0 cm³/mol. The minimum Gasteiger partial charge on any atom is -0.289 e. The lowest BCUT2D eigenvalue weighted by molar-refractivity contribution is -0.194. The Hall–Kier alpha value is -0.250. The number of aliphatic imine (C=N–C) groups is 1. The van der Waals surface area contributed by atoms with Gasteiger partial charge in [0.05, 0.1) is 16.3 Å². The monoisotopic (exact) mass is 227 g/mol. The molecule has 1 aliphatic heterocycles. The molecule has 0 spiro atoms. The average Bonchev–Trinajstić information content (AvgIpc) is 1.96. The summed E-state index contributed by atoms with van der Waals surface area (Å²) in [6, 6.07) is 0. The Kier molecular flexibility index (Phi) is 2.64. The second-order valence-electron chi connectivity index (χ2n) is 4.50. The quantitative estimate of drug-likeness (QED) is 0.563. The van der Waals surface area contributed by atoms with Gasteiger partial charge in [-0.1, -0.05) is 0 Å². The molecule has 0 aromatic rings. The first-order valence-electron chi connectivity index (χ1n) is 4.36. The van der Waals surface area contributed by atoms with Gasteiger partial charge in [-0.2, -0.15) is 13.2 Å². The van der Waals surface area contributed by atoms with Gasteiger partial charge in [0.15, 0.2) is 0 Å². The number of rotatable bonds is 0. The molecule has 0 aromatic carbocycles. The van der Waals surface area contributed by atoms with E-state index in [0.29, 0.717) is 0 Å². The molecule has 0 amide bonds. The summed E-state index contributed by atoms with van der Waals surface area (Å²) in [4.78, 5) is 3.89. The number of hydrogen-bond donors (Lipinski definition) is 0.